The number of hydrogen-bond donors (Lipinski definition) is 1. The Morgan fingerprint density at radius 3 is 2.59 bits per heavy atom. The third kappa shape index (κ3) is 4.53. The van der Waals surface area contributed by atoms with Gasteiger partial charge >= 0.3 is 6.03 Å². The van der Waals surface area contributed by atoms with Gasteiger partial charge in [0.05, 0.1) is 5.69 Å². The molecule has 138 valence electrons. The molecule has 2 aromatic carbocycles. The van der Waals surface area contributed by atoms with Gasteiger partial charge in [0, 0.05) is 18.3 Å². The number of amides is 1. The fourth-order valence-corrected chi connectivity index (χ4v) is 2.70. The van der Waals surface area contributed by atoms with Crippen LogP contribution in [0.25, 0.3) is 11.3 Å². The molecule has 0 unspecified atom stereocenters. The summed E-state index contributed by atoms with van der Waals surface area (Å²) < 4.78 is 20.1. The summed E-state index contributed by atoms with van der Waals surface area (Å²) >= 11 is 0. The van der Waals surface area contributed by atoms with Gasteiger partial charge < -0.3 is 10.1 Å². The van der Waals surface area contributed by atoms with Gasteiger partial charge in [-0.25, -0.2) is 14.2 Å². The van der Waals surface area contributed by atoms with E-state index in [4.69, 9.17) is 4.74 Å². The fourth-order valence-electron chi connectivity index (χ4n) is 2.70. The average molecular weight is 365 g/mol. The van der Waals surface area contributed by atoms with E-state index < -0.39 is 0 Å². The van der Waals surface area contributed by atoms with Crippen molar-refractivity contribution in [1.82, 2.24) is 14.9 Å². The number of hydrogen-bond acceptors (Lipinski definition) is 3. The molecular weight excluding hydrogens is 345 g/mol. The zero-order valence-electron chi connectivity index (χ0n) is 14.8. The number of rotatable bonds is 6. The summed E-state index contributed by atoms with van der Waals surface area (Å²) in [6.07, 6.45) is 5.64. The lowest BCUT2D eigenvalue weighted by molar-refractivity contribution is 0.242. The van der Waals surface area contributed by atoms with Crippen molar-refractivity contribution in [3.63, 3.8) is 0 Å². The Kier molecular flexibility index (Phi) is 4.87. The first-order valence-corrected chi connectivity index (χ1v) is 8.97. The van der Waals surface area contributed by atoms with Crippen molar-refractivity contribution in [2.75, 3.05) is 6.54 Å². The molecule has 1 aromatic heterocycles. The highest BCUT2D eigenvalue weighted by Gasteiger charge is 2.22. The highest BCUT2D eigenvalue weighted by Crippen LogP contribution is 2.27. The molecule has 1 heterocycles. The Morgan fingerprint density at radius 1 is 1.15 bits per heavy atom. The quantitative estimate of drug-likeness (QED) is 0.711. The summed E-state index contributed by atoms with van der Waals surface area (Å²) in [5.41, 5.74) is 2.52. The molecular formula is C21H20FN3O2. The lowest BCUT2D eigenvalue weighted by atomic mass is 10.1. The number of nitrogens with one attached hydrogen (secondary N) is 1. The summed E-state index contributed by atoms with van der Waals surface area (Å²) in [7, 11) is 0. The molecule has 1 aliphatic rings. The fraction of sp³-hybridized carbons (Fsp3) is 0.238. The average Bonchev–Trinajstić information content (AvgIpc) is 3.40. The van der Waals surface area contributed by atoms with E-state index in [1.54, 1.807) is 18.3 Å². The van der Waals surface area contributed by atoms with Crippen LogP contribution in [0.15, 0.2) is 61.1 Å². The zero-order chi connectivity index (χ0) is 18.6. The van der Waals surface area contributed by atoms with Gasteiger partial charge in [-0.05, 0) is 60.7 Å². The largest absolute Gasteiger partial charge is 0.489 e. The molecule has 0 spiro atoms. The molecule has 0 saturated heterocycles. The van der Waals surface area contributed by atoms with E-state index in [-0.39, 0.29) is 11.8 Å². The van der Waals surface area contributed by atoms with E-state index >= 15 is 0 Å². The second kappa shape index (κ2) is 7.61. The Labute approximate surface area is 156 Å². The van der Waals surface area contributed by atoms with Crippen LogP contribution in [-0.4, -0.2) is 22.1 Å². The van der Waals surface area contributed by atoms with E-state index in [0.717, 1.165) is 23.4 Å². The summed E-state index contributed by atoms with van der Waals surface area (Å²) in [4.78, 5) is 16.4. The van der Waals surface area contributed by atoms with Crippen LogP contribution in [0.5, 0.6) is 5.75 Å². The maximum absolute atomic E-state index is 12.9. The van der Waals surface area contributed by atoms with Crippen LogP contribution >= 0.6 is 0 Å². The van der Waals surface area contributed by atoms with Gasteiger partial charge in [0.1, 0.15) is 24.5 Å². The number of imidazole rings is 1. The van der Waals surface area contributed by atoms with Crippen molar-refractivity contribution in [2.24, 2.45) is 5.92 Å². The second-order valence-electron chi connectivity index (χ2n) is 6.74. The minimum atomic E-state index is -0.260. The Bertz CT molecular complexity index is 915. The molecule has 5 nitrogen and oxygen atoms in total. The van der Waals surface area contributed by atoms with Crippen LogP contribution < -0.4 is 10.1 Å². The summed E-state index contributed by atoms with van der Waals surface area (Å²) in [5, 5.41) is 2.91. The standard InChI is InChI=1S/C21H20FN3O2/c22-18-7-3-16(4-8-18)13-27-19-9-5-17(6-10-19)20-12-25(14-24-20)21(26)23-11-15-1-2-15/h3-10,12,14-15H,1-2,11,13H2,(H,23,26). The molecule has 1 N–H and O–H groups in total. The molecule has 4 rings (SSSR count). The summed E-state index contributed by atoms with van der Waals surface area (Å²) in [5.74, 6) is 1.09. The summed E-state index contributed by atoms with van der Waals surface area (Å²) in [6, 6.07) is 13.6. The number of carbonyl (C=O) groups excluding carboxylic acids is 1. The highest BCUT2D eigenvalue weighted by molar-refractivity contribution is 5.77. The van der Waals surface area contributed by atoms with Crippen molar-refractivity contribution in [2.45, 2.75) is 19.4 Å². The normalized spacial score (nSPS) is 13.4. The molecule has 3 aromatic rings. The van der Waals surface area contributed by atoms with Crippen LogP contribution in [-0.2, 0) is 6.61 Å². The molecule has 1 saturated carbocycles. The minimum Gasteiger partial charge on any atom is -0.489 e. The maximum Gasteiger partial charge on any atom is 0.326 e. The Hall–Kier alpha value is -3.15. The Balaban J connectivity index is 1.35. The van der Waals surface area contributed by atoms with Crippen LogP contribution in [0.3, 0.4) is 0 Å². The van der Waals surface area contributed by atoms with Gasteiger partial charge in [0.15, 0.2) is 0 Å². The van der Waals surface area contributed by atoms with Crippen molar-refractivity contribution in [3.8, 4) is 17.0 Å². The van der Waals surface area contributed by atoms with Gasteiger partial charge in [-0.1, -0.05) is 12.1 Å². The zero-order valence-corrected chi connectivity index (χ0v) is 14.8. The smallest absolute Gasteiger partial charge is 0.326 e. The van der Waals surface area contributed by atoms with Gasteiger partial charge in [-0.15, -0.1) is 0 Å². The van der Waals surface area contributed by atoms with E-state index in [1.807, 2.05) is 24.3 Å². The first kappa shape index (κ1) is 17.3. The van der Waals surface area contributed by atoms with Crippen LogP contribution in [0.2, 0.25) is 0 Å². The highest BCUT2D eigenvalue weighted by atomic mass is 19.1. The first-order valence-electron chi connectivity index (χ1n) is 8.97. The topological polar surface area (TPSA) is 56.2 Å². The maximum atomic E-state index is 12.9. The van der Waals surface area contributed by atoms with E-state index in [9.17, 15) is 9.18 Å². The molecule has 6 heteroatoms. The molecule has 0 radical (unpaired) electrons. The lowest BCUT2D eigenvalue weighted by Gasteiger charge is -2.07. The molecule has 0 atom stereocenters. The van der Waals surface area contributed by atoms with Gasteiger partial charge in [0.25, 0.3) is 0 Å². The van der Waals surface area contributed by atoms with Crippen LogP contribution in [0, 0.1) is 11.7 Å². The first-order chi connectivity index (χ1) is 13.2. The third-order valence-corrected chi connectivity index (χ3v) is 4.52. The second-order valence-corrected chi connectivity index (χ2v) is 6.74. The van der Waals surface area contributed by atoms with Crippen molar-refractivity contribution in [3.05, 3.63) is 72.4 Å². The third-order valence-electron chi connectivity index (χ3n) is 4.52. The van der Waals surface area contributed by atoms with E-state index in [0.29, 0.717) is 18.3 Å². The number of aromatic nitrogens is 2. The van der Waals surface area contributed by atoms with E-state index in [2.05, 4.69) is 10.3 Å². The molecule has 1 amide bonds. The summed E-state index contributed by atoms with van der Waals surface area (Å²) in [6.45, 7) is 1.10. The number of nitrogens with zero attached hydrogens (tertiary/aromatic N) is 2. The monoisotopic (exact) mass is 365 g/mol. The molecule has 0 bridgehead atoms. The number of halogens is 1. The molecule has 1 fully saturated rings. The van der Waals surface area contributed by atoms with Crippen LogP contribution in [0.4, 0.5) is 9.18 Å². The van der Waals surface area contributed by atoms with Crippen molar-refractivity contribution in [1.29, 1.82) is 0 Å². The minimum absolute atomic E-state index is 0.153. The predicted octanol–water partition coefficient (Wildman–Crippen LogP) is 4.24. The van der Waals surface area contributed by atoms with E-state index in [1.165, 1.54) is 35.9 Å². The molecule has 27 heavy (non-hydrogen) atoms. The van der Waals surface area contributed by atoms with Gasteiger partial charge in [0.2, 0.25) is 0 Å². The van der Waals surface area contributed by atoms with Crippen molar-refractivity contribution < 1.29 is 13.9 Å². The molecule has 0 aliphatic heterocycles. The number of ether oxygens (including phenoxy) is 1. The van der Waals surface area contributed by atoms with Gasteiger partial charge in [-0.2, -0.15) is 0 Å². The number of benzene rings is 2. The number of carbonyl (C=O) groups is 1. The van der Waals surface area contributed by atoms with Gasteiger partial charge in [-0.3, -0.25) is 4.57 Å². The van der Waals surface area contributed by atoms with Crippen molar-refractivity contribution >= 4 is 6.03 Å². The Morgan fingerprint density at radius 2 is 1.89 bits per heavy atom. The predicted molar refractivity (Wildman–Crippen MR) is 99.9 cm³/mol. The van der Waals surface area contributed by atoms with Crippen LogP contribution in [0.1, 0.15) is 18.4 Å². The SMILES string of the molecule is O=C(NCC1CC1)n1cnc(-c2ccc(OCc3ccc(F)cc3)cc2)c1. The molecule has 1 aliphatic carbocycles. The lowest BCUT2D eigenvalue weighted by Crippen LogP contribution is -2.29.